The number of carbonyl (C=O) groups excluding carboxylic acids is 2. The van der Waals surface area contributed by atoms with Gasteiger partial charge in [0.2, 0.25) is 5.91 Å². The Morgan fingerprint density at radius 1 is 1.21 bits per heavy atom. The van der Waals surface area contributed by atoms with Crippen molar-refractivity contribution in [3.63, 3.8) is 0 Å². The molecule has 6 heteroatoms. The average Bonchev–Trinajstić information content (AvgIpc) is 3.20. The first kappa shape index (κ1) is 16.6. The zero-order valence-corrected chi connectivity index (χ0v) is 14.2. The third kappa shape index (κ3) is 3.79. The van der Waals surface area contributed by atoms with Crippen LogP contribution < -0.4 is 10.6 Å². The smallest absolute Gasteiger partial charge is 0.287 e. The molecule has 1 heterocycles. The zero-order valence-electron chi connectivity index (χ0n) is 13.4. The topological polar surface area (TPSA) is 71.3 Å². The molecular weight excluding hydrogens is 328 g/mol. The molecule has 1 aliphatic rings. The van der Waals surface area contributed by atoms with Crippen LogP contribution in [-0.4, -0.2) is 18.4 Å². The van der Waals surface area contributed by atoms with Gasteiger partial charge < -0.3 is 15.1 Å². The summed E-state index contributed by atoms with van der Waals surface area (Å²) in [5.74, 6) is 0.399. The fourth-order valence-corrected chi connectivity index (χ4v) is 2.87. The fraction of sp³-hybridized carbons (Fsp3) is 0.333. The summed E-state index contributed by atoms with van der Waals surface area (Å²) in [6.07, 6.45) is 2.05. The van der Waals surface area contributed by atoms with Crippen LogP contribution in [0.5, 0.6) is 0 Å². The van der Waals surface area contributed by atoms with E-state index in [0.29, 0.717) is 17.3 Å². The van der Waals surface area contributed by atoms with Crippen molar-refractivity contribution in [1.29, 1.82) is 0 Å². The highest BCUT2D eigenvalue weighted by Crippen LogP contribution is 2.48. The summed E-state index contributed by atoms with van der Waals surface area (Å²) >= 11 is 6.06. The quantitative estimate of drug-likeness (QED) is 0.844. The Hall–Kier alpha value is -2.27. The Morgan fingerprint density at radius 3 is 2.67 bits per heavy atom. The van der Waals surface area contributed by atoms with Gasteiger partial charge in [-0.25, -0.2) is 0 Å². The zero-order chi connectivity index (χ0) is 17.2. The molecule has 1 saturated carbocycles. The lowest BCUT2D eigenvalue weighted by Gasteiger charge is -2.16. The molecule has 1 aromatic heterocycles. The first-order valence-corrected chi connectivity index (χ1v) is 8.24. The maximum Gasteiger partial charge on any atom is 0.287 e. The van der Waals surface area contributed by atoms with E-state index in [1.807, 2.05) is 24.3 Å². The van der Waals surface area contributed by atoms with Crippen molar-refractivity contribution in [3.8, 4) is 0 Å². The van der Waals surface area contributed by atoms with Gasteiger partial charge in [-0.2, -0.15) is 0 Å². The minimum absolute atomic E-state index is 0.0217. The van der Waals surface area contributed by atoms with Crippen molar-refractivity contribution in [2.45, 2.75) is 31.7 Å². The van der Waals surface area contributed by atoms with Gasteiger partial charge in [-0.3, -0.25) is 9.59 Å². The summed E-state index contributed by atoms with van der Waals surface area (Å²) in [6.45, 7) is 2.25. The Kier molecular flexibility index (Phi) is 4.62. The van der Waals surface area contributed by atoms with Gasteiger partial charge >= 0.3 is 0 Å². The van der Waals surface area contributed by atoms with E-state index in [9.17, 15) is 9.59 Å². The maximum atomic E-state index is 12.3. The minimum Gasteiger partial charge on any atom is -0.454 e. The number of furan rings is 1. The Labute approximate surface area is 145 Å². The van der Waals surface area contributed by atoms with Gasteiger partial charge in [-0.05, 0) is 42.7 Å². The second kappa shape index (κ2) is 6.69. The normalized spacial score (nSPS) is 14.9. The van der Waals surface area contributed by atoms with Crippen LogP contribution in [0.25, 0.3) is 0 Å². The molecule has 0 atom stereocenters. The van der Waals surface area contributed by atoms with Crippen molar-refractivity contribution in [1.82, 2.24) is 10.6 Å². The van der Waals surface area contributed by atoms with Crippen molar-refractivity contribution >= 4 is 23.4 Å². The van der Waals surface area contributed by atoms with Gasteiger partial charge in [0.15, 0.2) is 5.76 Å². The van der Waals surface area contributed by atoms with Crippen LogP contribution in [-0.2, 0) is 16.8 Å². The van der Waals surface area contributed by atoms with Gasteiger partial charge in [-0.1, -0.05) is 23.7 Å². The van der Waals surface area contributed by atoms with Crippen molar-refractivity contribution in [2.24, 2.45) is 0 Å². The third-order valence-corrected chi connectivity index (χ3v) is 4.51. The molecule has 1 aliphatic carbocycles. The Balaban J connectivity index is 1.59. The van der Waals surface area contributed by atoms with E-state index < -0.39 is 0 Å². The van der Waals surface area contributed by atoms with Gasteiger partial charge in [-0.15, -0.1) is 0 Å². The monoisotopic (exact) mass is 346 g/mol. The van der Waals surface area contributed by atoms with Gasteiger partial charge in [0.1, 0.15) is 5.76 Å². The number of benzene rings is 1. The lowest BCUT2D eigenvalue weighted by atomic mass is 9.96. The summed E-state index contributed by atoms with van der Waals surface area (Å²) in [4.78, 5) is 23.1. The number of carbonyl (C=O) groups is 2. The minimum atomic E-state index is -0.252. The Bertz CT molecular complexity index is 765. The molecule has 5 nitrogen and oxygen atoms in total. The van der Waals surface area contributed by atoms with Crippen LogP contribution in [0.4, 0.5) is 0 Å². The summed E-state index contributed by atoms with van der Waals surface area (Å²) < 4.78 is 5.46. The summed E-state index contributed by atoms with van der Waals surface area (Å²) in [7, 11) is 0. The third-order valence-electron chi connectivity index (χ3n) is 4.27. The Morgan fingerprint density at radius 2 is 2.00 bits per heavy atom. The lowest BCUT2D eigenvalue weighted by molar-refractivity contribution is -0.119. The van der Waals surface area contributed by atoms with E-state index in [-0.39, 0.29) is 29.5 Å². The van der Waals surface area contributed by atoms with Crippen LogP contribution in [0.2, 0.25) is 5.02 Å². The molecule has 2 aromatic rings. The van der Waals surface area contributed by atoms with Crippen molar-refractivity contribution in [2.75, 3.05) is 6.54 Å². The maximum absolute atomic E-state index is 12.3. The second-order valence-corrected chi connectivity index (χ2v) is 6.59. The molecule has 3 rings (SSSR count). The number of rotatable bonds is 6. The highest BCUT2D eigenvalue weighted by Gasteiger charge is 2.44. The predicted octanol–water partition coefficient (Wildman–Crippen LogP) is 3.03. The highest BCUT2D eigenvalue weighted by molar-refractivity contribution is 6.30. The number of amides is 2. The van der Waals surface area contributed by atoms with Gasteiger partial charge in [0.05, 0.1) is 6.54 Å². The van der Waals surface area contributed by atoms with Crippen LogP contribution in [0, 0.1) is 0 Å². The molecule has 1 fully saturated rings. The predicted molar refractivity (Wildman–Crippen MR) is 90.9 cm³/mol. The van der Waals surface area contributed by atoms with E-state index in [1.54, 1.807) is 12.1 Å². The molecule has 0 spiro atoms. The molecule has 0 radical (unpaired) electrons. The number of nitrogens with one attached hydrogen (secondary N) is 2. The molecule has 0 aliphatic heterocycles. The lowest BCUT2D eigenvalue weighted by Crippen LogP contribution is -2.32. The van der Waals surface area contributed by atoms with E-state index in [4.69, 9.17) is 16.0 Å². The highest BCUT2D eigenvalue weighted by atomic mass is 35.5. The fourth-order valence-electron chi connectivity index (χ4n) is 2.68. The van der Waals surface area contributed by atoms with Crippen molar-refractivity contribution in [3.05, 3.63) is 58.5 Å². The van der Waals surface area contributed by atoms with Crippen LogP contribution in [0.1, 0.15) is 41.6 Å². The summed E-state index contributed by atoms with van der Waals surface area (Å²) in [5.41, 5.74) is 1.13. The number of hydrogen-bond donors (Lipinski definition) is 2. The summed E-state index contributed by atoms with van der Waals surface area (Å²) in [6, 6.07) is 11.1. The van der Waals surface area contributed by atoms with E-state index in [1.165, 1.54) is 6.92 Å². The largest absolute Gasteiger partial charge is 0.454 e. The molecule has 126 valence electrons. The first-order valence-electron chi connectivity index (χ1n) is 7.86. The molecule has 24 heavy (non-hydrogen) atoms. The first-order chi connectivity index (χ1) is 11.5. The average molecular weight is 347 g/mol. The van der Waals surface area contributed by atoms with Gasteiger partial charge in [0.25, 0.3) is 5.91 Å². The van der Waals surface area contributed by atoms with E-state index in [0.717, 1.165) is 18.4 Å². The van der Waals surface area contributed by atoms with Crippen LogP contribution in [0.3, 0.4) is 0 Å². The molecule has 2 N–H and O–H groups in total. The molecule has 0 bridgehead atoms. The van der Waals surface area contributed by atoms with Crippen LogP contribution >= 0.6 is 11.6 Å². The standard InChI is InChI=1S/C18H19ClN2O3/c1-12(22)20-10-15-5-6-16(24-15)17(23)21-11-18(7-8-18)13-3-2-4-14(19)9-13/h2-6,9H,7-8,10-11H2,1H3,(H,20,22)(H,21,23). The molecule has 1 aromatic carbocycles. The molecule has 0 saturated heterocycles. The summed E-state index contributed by atoms with van der Waals surface area (Å²) in [5, 5.41) is 6.27. The molecule has 2 amide bonds. The molecular formula is C18H19ClN2O3. The molecule has 0 unspecified atom stereocenters. The number of halogens is 1. The van der Waals surface area contributed by atoms with Crippen molar-refractivity contribution < 1.29 is 14.0 Å². The van der Waals surface area contributed by atoms with Crippen LogP contribution in [0.15, 0.2) is 40.8 Å². The van der Waals surface area contributed by atoms with E-state index >= 15 is 0 Å². The van der Waals surface area contributed by atoms with Gasteiger partial charge in [0, 0.05) is 23.9 Å². The SMILES string of the molecule is CC(=O)NCc1ccc(C(=O)NCC2(c3cccc(Cl)c3)CC2)o1. The van der Waals surface area contributed by atoms with E-state index in [2.05, 4.69) is 10.6 Å². The second-order valence-electron chi connectivity index (χ2n) is 6.15. The number of hydrogen-bond acceptors (Lipinski definition) is 3.